The summed E-state index contributed by atoms with van der Waals surface area (Å²) in [5.41, 5.74) is 1.62. The van der Waals surface area contributed by atoms with Crippen LogP contribution in [0.3, 0.4) is 0 Å². The van der Waals surface area contributed by atoms with E-state index in [1.807, 2.05) is 18.2 Å². The van der Waals surface area contributed by atoms with Gasteiger partial charge in [0, 0.05) is 38.0 Å². The van der Waals surface area contributed by atoms with Crippen molar-refractivity contribution < 1.29 is 58.3 Å². The molecule has 0 aromatic heterocycles. The van der Waals surface area contributed by atoms with Gasteiger partial charge in [-0.3, -0.25) is 19.0 Å². The zero-order chi connectivity index (χ0) is 23.8. The Morgan fingerprint density at radius 3 is 2.50 bits per heavy atom. The number of rotatable bonds is 9. The second-order valence-corrected chi connectivity index (χ2v) is 10.6. The molecule has 2 atom stereocenters. The van der Waals surface area contributed by atoms with Crippen molar-refractivity contribution in [1.29, 1.82) is 0 Å². The number of morpholine rings is 1. The molecule has 1 fully saturated rings. The SMILES string of the molecule is CC(=O)SCC(CC1CN(Cc2ccccc2)CCO1)C(=O)Nc1ccc(S(=O)(=O)O)cc1.[H-].[Na+]. The fourth-order valence-corrected chi connectivity index (χ4v) is 4.85. The van der Waals surface area contributed by atoms with E-state index in [-0.39, 0.29) is 53.0 Å². The third kappa shape index (κ3) is 9.43. The van der Waals surface area contributed by atoms with Crippen molar-refractivity contribution in [1.82, 2.24) is 4.90 Å². The molecule has 0 bridgehead atoms. The maximum absolute atomic E-state index is 13.0. The summed E-state index contributed by atoms with van der Waals surface area (Å²) in [4.78, 5) is 26.5. The number of carbonyl (C=O) groups is 2. The first-order chi connectivity index (χ1) is 15.7. The Bertz CT molecular complexity index is 1060. The topological polar surface area (TPSA) is 113 Å². The van der Waals surface area contributed by atoms with Crippen LogP contribution in [0.5, 0.6) is 0 Å². The van der Waals surface area contributed by atoms with Crippen molar-refractivity contribution in [3.05, 3.63) is 60.2 Å². The molecular weight excluding hydrogens is 487 g/mol. The van der Waals surface area contributed by atoms with E-state index >= 15 is 0 Å². The largest absolute Gasteiger partial charge is 1.00 e. The number of benzene rings is 2. The fourth-order valence-electron chi connectivity index (χ4n) is 3.65. The molecule has 11 heteroatoms. The maximum atomic E-state index is 13.0. The number of ether oxygens (including phenoxy) is 1. The van der Waals surface area contributed by atoms with Crippen LogP contribution >= 0.6 is 11.8 Å². The van der Waals surface area contributed by atoms with Crippen molar-refractivity contribution in [3.63, 3.8) is 0 Å². The van der Waals surface area contributed by atoms with Crippen molar-refractivity contribution in [2.75, 3.05) is 30.8 Å². The molecule has 8 nitrogen and oxygen atoms in total. The van der Waals surface area contributed by atoms with Crippen molar-refractivity contribution in [3.8, 4) is 0 Å². The van der Waals surface area contributed by atoms with E-state index in [0.29, 0.717) is 31.0 Å². The van der Waals surface area contributed by atoms with Crippen molar-refractivity contribution in [2.45, 2.75) is 30.9 Å². The molecule has 2 unspecified atom stereocenters. The van der Waals surface area contributed by atoms with Crippen LogP contribution in [0, 0.1) is 5.92 Å². The predicted molar refractivity (Wildman–Crippen MR) is 129 cm³/mol. The number of nitrogens with one attached hydrogen (secondary N) is 1. The smallest absolute Gasteiger partial charge is 1.00 e. The molecule has 1 saturated heterocycles. The summed E-state index contributed by atoms with van der Waals surface area (Å²) in [6.45, 7) is 4.34. The van der Waals surface area contributed by atoms with Crippen LogP contribution in [0.15, 0.2) is 59.5 Å². The Kier molecular flexibility index (Phi) is 11.7. The first-order valence-corrected chi connectivity index (χ1v) is 13.0. The normalized spacial score (nSPS) is 17.4. The first kappa shape index (κ1) is 29.0. The average molecular weight is 517 g/mol. The van der Waals surface area contributed by atoms with Gasteiger partial charge >= 0.3 is 29.6 Å². The first-order valence-electron chi connectivity index (χ1n) is 10.6. The number of amides is 1. The molecule has 2 N–H and O–H groups in total. The minimum Gasteiger partial charge on any atom is -1.00 e. The van der Waals surface area contributed by atoms with Crippen LogP contribution in [0.1, 0.15) is 20.3 Å². The third-order valence-corrected chi connectivity index (χ3v) is 7.14. The molecule has 1 heterocycles. The molecule has 1 amide bonds. The van der Waals surface area contributed by atoms with Gasteiger partial charge in [-0.1, -0.05) is 42.1 Å². The standard InChI is InChI=1S/C23H28N2O6S2.Na.H/c1-17(26)32-16-19(23(27)24-20-7-9-22(10-8-20)33(28,29)30)13-21-15-25(11-12-31-21)14-18-5-3-2-4-6-18;;/h2-10,19,21H,11-16H2,1H3,(H,24,27)(H,28,29,30);;/q;+1;-1. The molecular formula is C23H29N2NaO6S2. The number of hydrogen-bond acceptors (Lipinski definition) is 7. The van der Waals surface area contributed by atoms with Gasteiger partial charge in [0.25, 0.3) is 10.1 Å². The Labute approximate surface area is 228 Å². The van der Waals surface area contributed by atoms with E-state index in [0.717, 1.165) is 24.9 Å². The number of anilines is 1. The second kappa shape index (κ2) is 13.7. The van der Waals surface area contributed by atoms with Gasteiger partial charge in [-0.15, -0.1) is 0 Å². The molecule has 1 aliphatic heterocycles. The molecule has 180 valence electrons. The van der Waals surface area contributed by atoms with Gasteiger partial charge in [0.15, 0.2) is 5.12 Å². The summed E-state index contributed by atoms with van der Waals surface area (Å²) in [5.74, 6) is -0.419. The van der Waals surface area contributed by atoms with Crippen LogP contribution in [-0.4, -0.2) is 60.4 Å². The summed E-state index contributed by atoms with van der Waals surface area (Å²) in [6, 6.07) is 15.4. The van der Waals surface area contributed by atoms with Gasteiger partial charge in [-0.05, 0) is 36.2 Å². The molecule has 3 rings (SSSR count). The second-order valence-electron chi connectivity index (χ2n) is 7.94. The molecule has 1 aliphatic rings. The summed E-state index contributed by atoms with van der Waals surface area (Å²) < 4.78 is 37.4. The Hall–Kier alpha value is -1.24. The number of nitrogens with zero attached hydrogens (tertiary/aromatic N) is 1. The Balaban J connectivity index is 0.00000306. The summed E-state index contributed by atoms with van der Waals surface area (Å²) in [6.07, 6.45) is 0.313. The monoisotopic (exact) mass is 516 g/mol. The third-order valence-electron chi connectivity index (χ3n) is 5.30. The van der Waals surface area contributed by atoms with Crippen LogP contribution in [0.2, 0.25) is 0 Å². The van der Waals surface area contributed by atoms with E-state index < -0.39 is 16.0 Å². The van der Waals surface area contributed by atoms with E-state index in [9.17, 15) is 18.0 Å². The van der Waals surface area contributed by atoms with E-state index in [1.54, 1.807) is 0 Å². The molecule has 0 spiro atoms. The zero-order valence-corrected chi connectivity index (χ0v) is 23.0. The quantitative estimate of drug-likeness (QED) is 0.359. The van der Waals surface area contributed by atoms with E-state index in [2.05, 4.69) is 22.3 Å². The predicted octanol–water partition coefficient (Wildman–Crippen LogP) is 0.175. The zero-order valence-electron chi connectivity index (χ0n) is 20.3. The maximum Gasteiger partial charge on any atom is 1.00 e. The van der Waals surface area contributed by atoms with Crippen molar-refractivity contribution >= 4 is 38.6 Å². The van der Waals surface area contributed by atoms with Gasteiger partial charge in [0.2, 0.25) is 5.91 Å². The van der Waals surface area contributed by atoms with Gasteiger partial charge < -0.3 is 11.5 Å². The van der Waals surface area contributed by atoms with Crippen LogP contribution in [0.25, 0.3) is 0 Å². The van der Waals surface area contributed by atoms with Crippen molar-refractivity contribution in [2.24, 2.45) is 5.92 Å². The van der Waals surface area contributed by atoms with E-state index in [1.165, 1.54) is 36.8 Å². The van der Waals surface area contributed by atoms with Gasteiger partial charge in [0.1, 0.15) is 0 Å². The number of thioether (sulfide) groups is 1. The Morgan fingerprint density at radius 1 is 1.21 bits per heavy atom. The van der Waals surface area contributed by atoms with Crippen LogP contribution in [0.4, 0.5) is 5.69 Å². The molecule has 0 saturated carbocycles. The fraction of sp³-hybridized carbons (Fsp3) is 0.391. The molecule has 34 heavy (non-hydrogen) atoms. The van der Waals surface area contributed by atoms with Gasteiger partial charge in [-0.25, -0.2) is 0 Å². The van der Waals surface area contributed by atoms with E-state index in [4.69, 9.17) is 9.29 Å². The van der Waals surface area contributed by atoms with Crippen LogP contribution < -0.4 is 34.9 Å². The van der Waals surface area contributed by atoms with Crippen LogP contribution in [-0.2, 0) is 31.0 Å². The number of hydrogen-bond donors (Lipinski definition) is 2. The minimum absolute atomic E-state index is 0. The summed E-state index contributed by atoms with van der Waals surface area (Å²) in [7, 11) is -4.30. The molecule has 0 aliphatic carbocycles. The molecule has 2 aromatic rings. The average Bonchev–Trinajstić information content (AvgIpc) is 2.77. The molecule has 0 radical (unpaired) electrons. The minimum atomic E-state index is -4.30. The summed E-state index contributed by atoms with van der Waals surface area (Å²) in [5, 5.41) is 2.71. The van der Waals surface area contributed by atoms with Gasteiger partial charge in [0.05, 0.1) is 23.5 Å². The van der Waals surface area contributed by atoms with Gasteiger partial charge in [-0.2, -0.15) is 8.42 Å². The summed E-state index contributed by atoms with van der Waals surface area (Å²) >= 11 is 1.09. The molecule has 2 aromatic carbocycles. The Morgan fingerprint density at radius 2 is 1.88 bits per heavy atom. The number of carbonyl (C=O) groups excluding carboxylic acids is 2.